The van der Waals surface area contributed by atoms with Gasteiger partial charge in [0, 0.05) is 22.9 Å². The molecular weight excluding hydrogens is 298 g/mol. The van der Waals surface area contributed by atoms with E-state index in [-0.39, 0.29) is 11.2 Å². The minimum Gasteiger partial charge on any atom is -0.399 e. The van der Waals surface area contributed by atoms with Gasteiger partial charge in [-0.15, -0.1) is 0 Å². The van der Waals surface area contributed by atoms with Gasteiger partial charge < -0.3 is 9.31 Å². The predicted molar refractivity (Wildman–Crippen MR) is 89.0 cm³/mol. The summed E-state index contributed by atoms with van der Waals surface area (Å²) in [5, 5.41) is 5.12. The highest BCUT2D eigenvalue weighted by atomic mass is 35.5. The van der Waals surface area contributed by atoms with Crippen LogP contribution in [0.15, 0.2) is 30.6 Å². The van der Waals surface area contributed by atoms with Crippen LogP contribution < -0.4 is 5.46 Å². The first-order valence-corrected chi connectivity index (χ1v) is 7.74. The first kappa shape index (κ1) is 15.6. The zero-order chi connectivity index (χ0) is 16.1. The Hall–Kier alpha value is -1.30. The van der Waals surface area contributed by atoms with Crippen LogP contribution in [0.1, 0.15) is 33.3 Å². The molecule has 1 fully saturated rings. The van der Waals surface area contributed by atoms with Crippen LogP contribution in [0.5, 0.6) is 0 Å². The topological polar surface area (TPSA) is 36.3 Å². The lowest BCUT2D eigenvalue weighted by molar-refractivity contribution is 0.00578. The Morgan fingerprint density at radius 3 is 2.36 bits per heavy atom. The molecule has 1 aliphatic rings. The van der Waals surface area contributed by atoms with E-state index in [1.165, 1.54) is 0 Å². The molecule has 116 valence electrons. The van der Waals surface area contributed by atoms with Gasteiger partial charge >= 0.3 is 7.12 Å². The molecule has 0 N–H and O–H groups in total. The molecular formula is C16H20BClN2O2. The lowest BCUT2D eigenvalue weighted by atomic mass is 9.82. The van der Waals surface area contributed by atoms with E-state index in [4.69, 9.17) is 20.9 Å². The SMILES string of the molecule is Cc1ccc(-n2cc(B3OC(C)(C)C(C)(C)O3)cn2)cc1Cl. The van der Waals surface area contributed by atoms with Crippen LogP contribution in [0.4, 0.5) is 0 Å². The minimum absolute atomic E-state index is 0.354. The third-order valence-electron chi connectivity index (χ3n) is 4.55. The molecule has 1 saturated heterocycles. The standard InChI is InChI=1S/C16H20BClN2O2/c1-11-6-7-13(8-14(11)18)20-10-12(9-19-20)17-21-15(2,3)16(4,5)22-17/h6-10H,1-5H3. The van der Waals surface area contributed by atoms with Crippen LogP contribution in [0.2, 0.25) is 5.02 Å². The van der Waals surface area contributed by atoms with Crippen molar-refractivity contribution in [3.05, 3.63) is 41.2 Å². The average molecular weight is 319 g/mol. The molecule has 1 aliphatic heterocycles. The van der Waals surface area contributed by atoms with E-state index in [1.807, 2.05) is 59.0 Å². The van der Waals surface area contributed by atoms with Gasteiger partial charge in [-0.25, -0.2) is 4.68 Å². The Bertz CT molecular complexity index is 696. The molecule has 1 aromatic carbocycles. The summed E-state index contributed by atoms with van der Waals surface area (Å²) in [7, 11) is -0.403. The number of halogens is 1. The van der Waals surface area contributed by atoms with Gasteiger partial charge in [-0.3, -0.25) is 0 Å². The van der Waals surface area contributed by atoms with Crippen LogP contribution >= 0.6 is 11.6 Å². The van der Waals surface area contributed by atoms with Crippen molar-refractivity contribution in [1.82, 2.24) is 9.78 Å². The molecule has 0 unspecified atom stereocenters. The second-order valence-corrected chi connectivity index (χ2v) is 7.15. The van der Waals surface area contributed by atoms with Gasteiger partial charge in [-0.05, 0) is 52.3 Å². The van der Waals surface area contributed by atoms with Crippen molar-refractivity contribution in [2.75, 3.05) is 0 Å². The molecule has 22 heavy (non-hydrogen) atoms. The first-order chi connectivity index (χ1) is 10.2. The van der Waals surface area contributed by atoms with Gasteiger partial charge in [0.2, 0.25) is 0 Å². The summed E-state index contributed by atoms with van der Waals surface area (Å²) in [6.07, 6.45) is 3.69. The number of aromatic nitrogens is 2. The maximum absolute atomic E-state index is 6.18. The van der Waals surface area contributed by atoms with Gasteiger partial charge in [0.15, 0.2) is 0 Å². The molecule has 2 heterocycles. The summed E-state index contributed by atoms with van der Waals surface area (Å²) in [4.78, 5) is 0. The van der Waals surface area contributed by atoms with Gasteiger partial charge in [-0.2, -0.15) is 5.10 Å². The fourth-order valence-electron chi connectivity index (χ4n) is 2.30. The molecule has 6 heteroatoms. The van der Waals surface area contributed by atoms with E-state index in [9.17, 15) is 0 Å². The van der Waals surface area contributed by atoms with E-state index < -0.39 is 7.12 Å². The van der Waals surface area contributed by atoms with Crippen molar-refractivity contribution < 1.29 is 9.31 Å². The quantitative estimate of drug-likeness (QED) is 0.798. The Labute approximate surface area is 136 Å². The number of hydrogen-bond acceptors (Lipinski definition) is 3. The molecule has 0 radical (unpaired) electrons. The largest absolute Gasteiger partial charge is 0.498 e. The average Bonchev–Trinajstić information content (AvgIpc) is 2.97. The highest BCUT2D eigenvalue weighted by Gasteiger charge is 2.52. The van der Waals surface area contributed by atoms with E-state index >= 15 is 0 Å². The van der Waals surface area contributed by atoms with E-state index in [1.54, 1.807) is 10.9 Å². The second kappa shape index (κ2) is 5.12. The van der Waals surface area contributed by atoms with Crippen molar-refractivity contribution in [2.24, 2.45) is 0 Å². The first-order valence-electron chi connectivity index (χ1n) is 7.36. The molecule has 2 aromatic rings. The molecule has 3 rings (SSSR count). The second-order valence-electron chi connectivity index (χ2n) is 6.74. The number of rotatable bonds is 2. The summed E-state index contributed by atoms with van der Waals surface area (Å²) in [5.41, 5.74) is 2.15. The van der Waals surface area contributed by atoms with Crippen LogP contribution in [-0.4, -0.2) is 28.1 Å². The summed E-state index contributed by atoms with van der Waals surface area (Å²) in [6, 6.07) is 5.87. The number of nitrogens with zero attached hydrogens (tertiary/aromatic N) is 2. The fourth-order valence-corrected chi connectivity index (χ4v) is 2.48. The van der Waals surface area contributed by atoms with Crippen LogP contribution in [0.3, 0.4) is 0 Å². The third-order valence-corrected chi connectivity index (χ3v) is 4.96. The van der Waals surface area contributed by atoms with Crippen LogP contribution in [-0.2, 0) is 9.31 Å². The number of benzene rings is 1. The van der Waals surface area contributed by atoms with Crippen molar-refractivity contribution >= 4 is 24.2 Å². The van der Waals surface area contributed by atoms with Gasteiger partial charge in [0.05, 0.1) is 16.9 Å². The van der Waals surface area contributed by atoms with E-state index in [0.29, 0.717) is 0 Å². The predicted octanol–water partition coefficient (Wildman–Crippen LogP) is 3.13. The molecule has 0 bridgehead atoms. The van der Waals surface area contributed by atoms with Crippen LogP contribution in [0.25, 0.3) is 5.69 Å². The zero-order valence-corrected chi connectivity index (χ0v) is 14.3. The summed E-state index contributed by atoms with van der Waals surface area (Å²) in [6.45, 7) is 10.1. The molecule has 4 nitrogen and oxygen atoms in total. The molecule has 1 aromatic heterocycles. The van der Waals surface area contributed by atoms with E-state index in [2.05, 4.69) is 5.10 Å². The lowest BCUT2D eigenvalue weighted by Crippen LogP contribution is -2.41. The van der Waals surface area contributed by atoms with E-state index in [0.717, 1.165) is 21.7 Å². The molecule has 0 amide bonds. The van der Waals surface area contributed by atoms with Gasteiger partial charge in [0.1, 0.15) is 0 Å². The maximum atomic E-state index is 6.18. The van der Waals surface area contributed by atoms with Crippen molar-refractivity contribution in [2.45, 2.75) is 45.8 Å². The van der Waals surface area contributed by atoms with Crippen molar-refractivity contribution in [3.8, 4) is 5.69 Å². The molecule has 0 saturated carbocycles. The molecule has 0 spiro atoms. The summed E-state index contributed by atoms with van der Waals surface area (Å²) >= 11 is 6.18. The Morgan fingerprint density at radius 2 is 1.77 bits per heavy atom. The Morgan fingerprint density at radius 1 is 1.14 bits per heavy atom. The third kappa shape index (κ3) is 2.58. The monoisotopic (exact) mass is 318 g/mol. The minimum atomic E-state index is -0.403. The number of aryl methyl sites for hydroxylation is 1. The van der Waals surface area contributed by atoms with Crippen LogP contribution in [0, 0.1) is 6.92 Å². The summed E-state index contributed by atoms with van der Waals surface area (Å²) in [5.74, 6) is 0. The normalized spacial score (nSPS) is 19.6. The van der Waals surface area contributed by atoms with Crippen molar-refractivity contribution in [3.63, 3.8) is 0 Å². The van der Waals surface area contributed by atoms with Gasteiger partial charge in [0.25, 0.3) is 0 Å². The van der Waals surface area contributed by atoms with Crippen molar-refractivity contribution in [1.29, 1.82) is 0 Å². The highest BCUT2D eigenvalue weighted by molar-refractivity contribution is 6.62. The fraction of sp³-hybridized carbons (Fsp3) is 0.438. The molecule has 0 aliphatic carbocycles. The van der Waals surface area contributed by atoms with Gasteiger partial charge in [-0.1, -0.05) is 17.7 Å². The zero-order valence-electron chi connectivity index (χ0n) is 13.6. The lowest BCUT2D eigenvalue weighted by Gasteiger charge is -2.32. The number of hydrogen-bond donors (Lipinski definition) is 0. The summed E-state index contributed by atoms with van der Waals surface area (Å²) < 4.78 is 13.9. The smallest absolute Gasteiger partial charge is 0.399 e. The Kier molecular flexibility index (Phi) is 3.63. The molecule has 0 atom stereocenters. The maximum Gasteiger partial charge on any atom is 0.498 e. The highest BCUT2D eigenvalue weighted by Crippen LogP contribution is 2.36. The Balaban J connectivity index is 1.87.